The van der Waals surface area contributed by atoms with Crippen molar-refractivity contribution in [2.24, 2.45) is 0 Å². The molecule has 2 N–H and O–H groups in total. The third-order valence-corrected chi connectivity index (χ3v) is 5.32. The molecule has 122 valence electrons. The lowest BCUT2D eigenvalue weighted by atomic mass is 10.1. The maximum Gasteiger partial charge on any atom is 0.251 e. The van der Waals surface area contributed by atoms with Gasteiger partial charge in [-0.15, -0.1) is 0 Å². The maximum absolute atomic E-state index is 12.0. The summed E-state index contributed by atoms with van der Waals surface area (Å²) in [5.41, 5.74) is 0.0402. The molecule has 1 aliphatic rings. The van der Waals surface area contributed by atoms with E-state index in [2.05, 4.69) is 5.32 Å². The summed E-state index contributed by atoms with van der Waals surface area (Å²) in [4.78, 5) is 12.0. The molecule has 0 unspecified atom stereocenters. The monoisotopic (exact) mass is 326 g/mol. The summed E-state index contributed by atoms with van der Waals surface area (Å²) in [7, 11) is -3.24. The van der Waals surface area contributed by atoms with Crippen molar-refractivity contribution in [1.29, 1.82) is 0 Å². The Labute approximate surface area is 131 Å². The van der Waals surface area contributed by atoms with E-state index < -0.39 is 15.6 Å². The number of hydrogen-bond acceptors (Lipinski definition) is 4. The van der Waals surface area contributed by atoms with Gasteiger partial charge >= 0.3 is 0 Å². The zero-order chi connectivity index (χ0) is 16.4. The van der Waals surface area contributed by atoms with Crippen LogP contribution in [0.2, 0.25) is 0 Å². The van der Waals surface area contributed by atoms with E-state index in [4.69, 9.17) is 0 Å². The molecule has 0 atom stereocenters. The minimum atomic E-state index is -3.24. The molecular weight excluding hydrogens is 304 g/mol. The first-order valence-corrected chi connectivity index (χ1v) is 8.91. The van der Waals surface area contributed by atoms with Gasteiger partial charge in [-0.3, -0.25) is 9.10 Å². The fraction of sp³-hybridized carbons (Fsp3) is 0.533. The topological polar surface area (TPSA) is 86.7 Å². The molecule has 22 heavy (non-hydrogen) atoms. The lowest BCUT2D eigenvalue weighted by Crippen LogP contribution is -2.38. The number of rotatable bonds is 4. The van der Waals surface area contributed by atoms with Crippen LogP contribution in [0.5, 0.6) is 0 Å². The zero-order valence-corrected chi connectivity index (χ0v) is 13.7. The number of hydrogen-bond donors (Lipinski definition) is 2. The fourth-order valence-corrected chi connectivity index (χ4v) is 3.90. The lowest BCUT2D eigenvalue weighted by molar-refractivity contribution is 0.0694. The highest BCUT2D eigenvalue weighted by molar-refractivity contribution is 7.92. The van der Waals surface area contributed by atoms with Crippen LogP contribution in [0.1, 0.15) is 37.0 Å². The standard InChI is InChI=1S/C15H22N2O4S/c1-15(2,19)11-16-14(18)12-5-7-13(8-6-12)17-9-3-4-10-22(17,20)21/h5-8,19H,3-4,9-11H2,1-2H3,(H,16,18). The number of carbonyl (C=O) groups is 1. The van der Waals surface area contributed by atoms with Gasteiger partial charge in [0, 0.05) is 18.7 Å². The second kappa shape index (κ2) is 6.26. The number of nitrogens with one attached hydrogen (secondary N) is 1. The Balaban J connectivity index is 2.08. The molecule has 6 nitrogen and oxygen atoms in total. The third kappa shape index (κ3) is 4.20. The first-order valence-electron chi connectivity index (χ1n) is 7.30. The van der Waals surface area contributed by atoms with Crippen molar-refractivity contribution in [3.05, 3.63) is 29.8 Å². The Morgan fingerprint density at radius 1 is 1.27 bits per heavy atom. The van der Waals surface area contributed by atoms with Gasteiger partial charge in [0.25, 0.3) is 5.91 Å². The van der Waals surface area contributed by atoms with Crippen LogP contribution in [0.25, 0.3) is 0 Å². The minimum absolute atomic E-state index is 0.147. The van der Waals surface area contributed by atoms with Crippen molar-refractivity contribution >= 4 is 21.6 Å². The van der Waals surface area contributed by atoms with Crippen molar-refractivity contribution in [1.82, 2.24) is 5.32 Å². The Morgan fingerprint density at radius 2 is 1.91 bits per heavy atom. The van der Waals surface area contributed by atoms with E-state index in [1.807, 2.05) is 0 Å². The quantitative estimate of drug-likeness (QED) is 0.868. The van der Waals surface area contributed by atoms with E-state index in [1.54, 1.807) is 38.1 Å². The molecule has 7 heteroatoms. The van der Waals surface area contributed by atoms with Gasteiger partial charge in [0.15, 0.2) is 0 Å². The van der Waals surface area contributed by atoms with Gasteiger partial charge in [0.1, 0.15) is 0 Å². The molecule has 0 spiro atoms. The zero-order valence-electron chi connectivity index (χ0n) is 12.9. The van der Waals surface area contributed by atoms with Crippen LogP contribution in [0.3, 0.4) is 0 Å². The van der Waals surface area contributed by atoms with Crippen molar-refractivity contribution in [3.8, 4) is 0 Å². The molecule has 1 heterocycles. The van der Waals surface area contributed by atoms with Crippen LogP contribution >= 0.6 is 0 Å². The van der Waals surface area contributed by atoms with Gasteiger partial charge in [-0.25, -0.2) is 8.42 Å². The molecule has 0 aliphatic carbocycles. The van der Waals surface area contributed by atoms with Crippen molar-refractivity contribution < 1.29 is 18.3 Å². The molecule has 1 aromatic rings. The van der Waals surface area contributed by atoms with E-state index in [1.165, 1.54) is 4.31 Å². The lowest BCUT2D eigenvalue weighted by Gasteiger charge is -2.28. The van der Waals surface area contributed by atoms with Crippen LogP contribution in [-0.4, -0.2) is 43.9 Å². The number of amides is 1. The predicted octanol–water partition coefficient (Wildman–Crippen LogP) is 1.12. The molecule has 1 fully saturated rings. The molecule has 1 aromatic carbocycles. The highest BCUT2D eigenvalue weighted by Gasteiger charge is 2.26. The SMILES string of the molecule is CC(C)(O)CNC(=O)c1ccc(N2CCCCS2(=O)=O)cc1. The first kappa shape index (κ1) is 16.8. The number of anilines is 1. The molecule has 0 aromatic heterocycles. The van der Waals surface area contributed by atoms with E-state index >= 15 is 0 Å². The van der Waals surface area contributed by atoms with E-state index in [-0.39, 0.29) is 18.2 Å². The van der Waals surface area contributed by atoms with Crippen LogP contribution in [0, 0.1) is 0 Å². The van der Waals surface area contributed by atoms with Gasteiger partial charge in [-0.05, 0) is 51.0 Å². The van der Waals surface area contributed by atoms with E-state index in [0.717, 1.165) is 6.42 Å². The summed E-state index contributed by atoms with van der Waals surface area (Å²) in [6, 6.07) is 6.47. The normalized spacial score (nSPS) is 18.0. The van der Waals surface area contributed by atoms with Gasteiger partial charge in [0.05, 0.1) is 17.0 Å². The average Bonchev–Trinajstić information content (AvgIpc) is 2.44. The number of carbonyl (C=O) groups excluding carboxylic acids is 1. The Morgan fingerprint density at radius 3 is 2.45 bits per heavy atom. The smallest absolute Gasteiger partial charge is 0.251 e. The van der Waals surface area contributed by atoms with Crippen molar-refractivity contribution in [2.45, 2.75) is 32.3 Å². The Hall–Kier alpha value is -1.60. The van der Waals surface area contributed by atoms with Crippen LogP contribution in [-0.2, 0) is 10.0 Å². The summed E-state index contributed by atoms with van der Waals surface area (Å²) in [5.74, 6) is -0.129. The van der Waals surface area contributed by atoms with Crippen LogP contribution in [0.4, 0.5) is 5.69 Å². The second-order valence-corrected chi connectivity index (χ2v) is 8.15. The highest BCUT2D eigenvalue weighted by atomic mass is 32.2. The van der Waals surface area contributed by atoms with E-state index in [0.29, 0.717) is 24.2 Å². The largest absolute Gasteiger partial charge is 0.389 e. The highest BCUT2D eigenvalue weighted by Crippen LogP contribution is 2.23. The Bertz CT molecular complexity index is 633. The number of sulfonamides is 1. The summed E-state index contributed by atoms with van der Waals surface area (Å²) in [6.07, 6.45) is 1.53. The van der Waals surface area contributed by atoms with Gasteiger partial charge < -0.3 is 10.4 Å². The van der Waals surface area contributed by atoms with Crippen molar-refractivity contribution in [2.75, 3.05) is 23.1 Å². The van der Waals surface area contributed by atoms with Gasteiger partial charge in [-0.1, -0.05) is 0 Å². The average molecular weight is 326 g/mol. The Kier molecular flexibility index (Phi) is 4.77. The molecular formula is C15H22N2O4S. The third-order valence-electron chi connectivity index (χ3n) is 3.45. The maximum atomic E-state index is 12.0. The molecule has 1 aliphatic heterocycles. The molecule has 0 bridgehead atoms. The predicted molar refractivity (Wildman–Crippen MR) is 85.4 cm³/mol. The van der Waals surface area contributed by atoms with Crippen LogP contribution in [0.15, 0.2) is 24.3 Å². The first-order chi connectivity index (χ1) is 10.2. The second-order valence-electron chi connectivity index (χ2n) is 6.14. The van der Waals surface area contributed by atoms with Crippen LogP contribution < -0.4 is 9.62 Å². The number of aliphatic hydroxyl groups is 1. The van der Waals surface area contributed by atoms with Crippen molar-refractivity contribution in [3.63, 3.8) is 0 Å². The molecule has 1 amide bonds. The van der Waals surface area contributed by atoms with E-state index in [9.17, 15) is 18.3 Å². The minimum Gasteiger partial charge on any atom is -0.389 e. The number of nitrogens with zero attached hydrogens (tertiary/aromatic N) is 1. The van der Waals surface area contributed by atoms with Gasteiger partial charge in [0.2, 0.25) is 10.0 Å². The summed E-state index contributed by atoms with van der Waals surface area (Å²) in [6.45, 7) is 3.84. The molecule has 1 saturated heterocycles. The summed E-state index contributed by atoms with van der Waals surface area (Å²) in [5, 5.41) is 12.2. The molecule has 0 radical (unpaired) electrons. The fourth-order valence-electron chi connectivity index (χ4n) is 2.26. The molecule has 0 saturated carbocycles. The summed E-state index contributed by atoms with van der Waals surface area (Å²) < 4.78 is 25.5. The summed E-state index contributed by atoms with van der Waals surface area (Å²) >= 11 is 0. The van der Waals surface area contributed by atoms with Gasteiger partial charge in [-0.2, -0.15) is 0 Å². The molecule has 2 rings (SSSR count). The number of benzene rings is 1.